The van der Waals surface area contributed by atoms with Crippen molar-refractivity contribution in [3.05, 3.63) is 91.0 Å². The number of carbonyl (C=O) groups excluding carboxylic acids is 1. The molecule has 0 unspecified atom stereocenters. The highest BCUT2D eigenvalue weighted by molar-refractivity contribution is 7.07. The summed E-state index contributed by atoms with van der Waals surface area (Å²) < 4.78 is 6.64. The van der Waals surface area contributed by atoms with Crippen molar-refractivity contribution in [3.8, 4) is 0 Å². The normalized spacial score (nSPS) is 17.7. The monoisotopic (exact) mass is 413 g/mol. The lowest BCUT2D eigenvalue weighted by atomic mass is 9.76. The fraction of sp³-hybridized carbons (Fsp3) is 0.231. The van der Waals surface area contributed by atoms with E-state index in [1.54, 1.807) is 0 Å². The molecule has 0 radical (unpaired) electrons. The number of hydrogen-bond acceptors (Lipinski definition) is 3. The van der Waals surface area contributed by atoms with Crippen LogP contribution in [-0.4, -0.2) is 19.8 Å². The average molecular weight is 414 g/mol. The molecular formula is C26H27NO2Si. The number of benzene rings is 3. The Bertz CT molecular complexity index is 934. The molecule has 152 valence electrons. The SMILES string of the molecule is CC1(C)CC(=O)C/C(=N\O[Si](c2ccccc2)(c2ccccc2)c2ccccc2)C1. The third-order valence-electron chi connectivity index (χ3n) is 5.61. The molecule has 0 saturated heterocycles. The van der Waals surface area contributed by atoms with Gasteiger partial charge in [-0.05, 0) is 27.4 Å². The minimum absolute atomic E-state index is 0.0754. The molecule has 1 saturated carbocycles. The van der Waals surface area contributed by atoms with Crippen LogP contribution in [0.1, 0.15) is 33.1 Å². The summed E-state index contributed by atoms with van der Waals surface area (Å²) in [6.07, 6.45) is 1.76. The first-order chi connectivity index (χ1) is 14.5. The van der Waals surface area contributed by atoms with E-state index in [-0.39, 0.29) is 11.2 Å². The summed E-state index contributed by atoms with van der Waals surface area (Å²) in [6, 6.07) is 31.1. The molecule has 0 amide bonds. The van der Waals surface area contributed by atoms with Gasteiger partial charge in [0.05, 0.1) is 5.71 Å². The molecule has 0 N–H and O–H groups in total. The quantitative estimate of drug-likeness (QED) is 0.362. The third kappa shape index (κ3) is 4.14. The standard InChI is InChI=1S/C26H27NO2Si/c1-26(2)19-21(18-22(28)20-26)27-29-30(23-12-6-3-7-13-23,24-14-8-4-9-15-24)25-16-10-5-11-17-25/h3-17H,18-20H2,1-2H3/b27-21+. The van der Waals surface area contributed by atoms with Crippen LogP contribution in [0.4, 0.5) is 0 Å². The van der Waals surface area contributed by atoms with Gasteiger partial charge in [-0.25, -0.2) is 0 Å². The van der Waals surface area contributed by atoms with E-state index >= 15 is 0 Å². The van der Waals surface area contributed by atoms with Crippen LogP contribution >= 0.6 is 0 Å². The number of Topliss-reactive ketones (excluding diaryl/α,β-unsaturated/α-hetero) is 1. The lowest BCUT2D eigenvalue weighted by molar-refractivity contribution is -0.120. The molecular weight excluding hydrogens is 386 g/mol. The highest BCUT2D eigenvalue weighted by atomic mass is 28.4. The van der Waals surface area contributed by atoms with E-state index in [1.807, 2.05) is 54.6 Å². The van der Waals surface area contributed by atoms with Gasteiger partial charge in [0, 0.05) is 12.8 Å². The molecule has 0 spiro atoms. The smallest absolute Gasteiger partial charge is 0.380 e. The second-order valence-corrected chi connectivity index (χ2v) is 12.0. The van der Waals surface area contributed by atoms with Gasteiger partial charge in [-0.2, -0.15) is 0 Å². The number of hydrogen-bond donors (Lipinski definition) is 0. The Hall–Kier alpha value is -2.98. The second-order valence-electron chi connectivity index (χ2n) is 8.76. The van der Waals surface area contributed by atoms with Crippen molar-refractivity contribution >= 4 is 35.4 Å². The van der Waals surface area contributed by atoms with Crippen molar-refractivity contribution in [2.75, 3.05) is 0 Å². The zero-order valence-electron chi connectivity index (χ0n) is 17.5. The van der Waals surface area contributed by atoms with Gasteiger partial charge >= 0.3 is 8.32 Å². The van der Waals surface area contributed by atoms with Gasteiger partial charge in [0.1, 0.15) is 5.78 Å². The van der Waals surface area contributed by atoms with E-state index in [9.17, 15) is 4.79 Å². The number of ketones is 1. The average Bonchev–Trinajstić information content (AvgIpc) is 2.75. The highest BCUT2D eigenvalue weighted by Crippen LogP contribution is 2.32. The Kier molecular flexibility index (Phi) is 5.69. The summed E-state index contributed by atoms with van der Waals surface area (Å²) in [5.41, 5.74) is 0.768. The number of oxime groups is 1. The van der Waals surface area contributed by atoms with Gasteiger partial charge in [-0.1, -0.05) is 105 Å². The topological polar surface area (TPSA) is 38.7 Å². The molecule has 1 aliphatic carbocycles. The summed E-state index contributed by atoms with van der Waals surface area (Å²) in [5.74, 6) is 0.236. The first kappa shape index (κ1) is 20.3. The fourth-order valence-electron chi connectivity index (χ4n) is 4.38. The fourth-order valence-corrected chi connectivity index (χ4v) is 7.94. The van der Waals surface area contributed by atoms with Gasteiger partial charge in [-0.3, -0.25) is 4.79 Å². The highest BCUT2D eigenvalue weighted by Gasteiger charge is 2.45. The molecule has 0 aromatic heterocycles. The van der Waals surface area contributed by atoms with Crippen LogP contribution in [0, 0.1) is 5.41 Å². The predicted molar refractivity (Wildman–Crippen MR) is 125 cm³/mol. The van der Waals surface area contributed by atoms with Gasteiger partial charge in [0.25, 0.3) is 0 Å². The van der Waals surface area contributed by atoms with Gasteiger partial charge in [-0.15, -0.1) is 5.16 Å². The molecule has 4 heteroatoms. The molecule has 3 nitrogen and oxygen atoms in total. The predicted octanol–water partition coefficient (Wildman–Crippen LogP) is 3.81. The van der Waals surface area contributed by atoms with Crippen molar-refractivity contribution in [1.29, 1.82) is 0 Å². The summed E-state index contributed by atoms with van der Waals surface area (Å²) >= 11 is 0. The molecule has 3 aromatic carbocycles. The molecule has 3 aromatic rings. The van der Waals surface area contributed by atoms with Crippen LogP contribution in [0.15, 0.2) is 96.2 Å². The Balaban J connectivity index is 1.87. The van der Waals surface area contributed by atoms with Crippen LogP contribution in [0.5, 0.6) is 0 Å². The van der Waals surface area contributed by atoms with Crippen LogP contribution in [0.3, 0.4) is 0 Å². The number of carbonyl (C=O) groups is 1. The lowest BCUT2D eigenvalue weighted by Gasteiger charge is -2.32. The maximum absolute atomic E-state index is 12.3. The Morgan fingerprint density at radius 1 is 0.733 bits per heavy atom. The summed E-state index contributed by atoms with van der Waals surface area (Å²) in [4.78, 5) is 12.3. The van der Waals surface area contributed by atoms with Crippen molar-refractivity contribution in [2.24, 2.45) is 10.6 Å². The van der Waals surface area contributed by atoms with Crippen LogP contribution in [0.25, 0.3) is 0 Å². The molecule has 30 heavy (non-hydrogen) atoms. The number of rotatable bonds is 5. The van der Waals surface area contributed by atoms with E-state index in [0.29, 0.717) is 12.8 Å². The van der Waals surface area contributed by atoms with Crippen LogP contribution in [-0.2, 0) is 9.32 Å². The maximum atomic E-state index is 12.3. The van der Waals surface area contributed by atoms with Gasteiger partial charge in [0.2, 0.25) is 0 Å². The summed E-state index contributed by atoms with van der Waals surface area (Å²) in [7, 11) is -2.87. The van der Waals surface area contributed by atoms with E-state index in [0.717, 1.165) is 27.7 Å². The summed E-state index contributed by atoms with van der Waals surface area (Å²) in [5, 5.41) is 8.09. The minimum Gasteiger partial charge on any atom is -0.438 e. The zero-order chi connectivity index (χ0) is 21.0. The maximum Gasteiger partial charge on any atom is 0.380 e. The van der Waals surface area contributed by atoms with Crippen molar-refractivity contribution in [1.82, 2.24) is 0 Å². The van der Waals surface area contributed by atoms with E-state index in [2.05, 4.69) is 55.4 Å². The van der Waals surface area contributed by atoms with E-state index in [1.165, 1.54) is 0 Å². The molecule has 0 bridgehead atoms. The van der Waals surface area contributed by atoms with Gasteiger partial charge < -0.3 is 4.53 Å². The molecule has 0 aliphatic heterocycles. The van der Waals surface area contributed by atoms with Crippen molar-refractivity contribution in [2.45, 2.75) is 33.1 Å². The first-order valence-corrected chi connectivity index (χ1v) is 12.3. The molecule has 4 rings (SSSR count). The third-order valence-corrected chi connectivity index (χ3v) is 9.42. The minimum atomic E-state index is -2.87. The molecule has 0 heterocycles. The molecule has 1 fully saturated rings. The summed E-state index contributed by atoms with van der Waals surface area (Å²) in [6.45, 7) is 4.24. The Labute approximate surface area is 179 Å². The molecule has 1 aliphatic rings. The second kappa shape index (κ2) is 8.40. The van der Waals surface area contributed by atoms with Gasteiger partial charge in [0.15, 0.2) is 0 Å². The van der Waals surface area contributed by atoms with Crippen LogP contribution < -0.4 is 15.6 Å². The van der Waals surface area contributed by atoms with Crippen LogP contribution in [0.2, 0.25) is 0 Å². The van der Waals surface area contributed by atoms with Crippen molar-refractivity contribution < 1.29 is 9.32 Å². The lowest BCUT2D eigenvalue weighted by Crippen LogP contribution is -2.68. The Morgan fingerprint density at radius 2 is 1.17 bits per heavy atom. The largest absolute Gasteiger partial charge is 0.438 e. The van der Waals surface area contributed by atoms with E-state index in [4.69, 9.17) is 4.53 Å². The van der Waals surface area contributed by atoms with E-state index < -0.39 is 8.32 Å². The molecule has 0 atom stereocenters. The van der Waals surface area contributed by atoms with Crippen molar-refractivity contribution in [3.63, 3.8) is 0 Å². The zero-order valence-corrected chi connectivity index (χ0v) is 18.5. The first-order valence-electron chi connectivity index (χ1n) is 10.4. The number of nitrogens with zero attached hydrogens (tertiary/aromatic N) is 1. The Morgan fingerprint density at radius 3 is 1.57 bits per heavy atom.